The Balaban J connectivity index is 1.75. The number of halogens is 1. The van der Waals surface area contributed by atoms with Crippen LogP contribution in [-0.2, 0) is 6.54 Å². The van der Waals surface area contributed by atoms with Crippen LogP contribution in [0.2, 0.25) is 0 Å². The first-order valence-electron chi connectivity index (χ1n) is 8.39. The van der Waals surface area contributed by atoms with Crippen LogP contribution in [0.3, 0.4) is 0 Å². The van der Waals surface area contributed by atoms with Gasteiger partial charge in [0.2, 0.25) is 0 Å². The third-order valence-corrected chi connectivity index (χ3v) is 4.40. The SMILES string of the molecule is C#CCN(Cc1ccc(F)cc1)C(=O)NCCCC1CCCC1. The molecule has 1 aliphatic rings. The molecule has 0 bridgehead atoms. The molecule has 1 N–H and O–H groups in total. The average molecular weight is 316 g/mol. The molecule has 124 valence electrons. The lowest BCUT2D eigenvalue weighted by atomic mass is 10.0. The number of urea groups is 1. The fourth-order valence-corrected chi connectivity index (χ4v) is 3.12. The van der Waals surface area contributed by atoms with E-state index in [4.69, 9.17) is 6.42 Å². The van der Waals surface area contributed by atoms with Crippen LogP contribution in [-0.4, -0.2) is 24.0 Å². The molecule has 0 aromatic heterocycles. The number of nitrogens with one attached hydrogen (secondary N) is 1. The topological polar surface area (TPSA) is 32.3 Å². The maximum absolute atomic E-state index is 12.9. The highest BCUT2D eigenvalue weighted by molar-refractivity contribution is 5.74. The molecule has 4 heteroatoms. The lowest BCUT2D eigenvalue weighted by Gasteiger charge is -2.21. The van der Waals surface area contributed by atoms with E-state index in [-0.39, 0.29) is 18.4 Å². The summed E-state index contributed by atoms with van der Waals surface area (Å²) < 4.78 is 12.9. The Labute approximate surface area is 138 Å². The Kier molecular flexibility index (Phi) is 6.93. The second-order valence-corrected chi connectivity index (χ2v) is 6.21. The van der Waals surface area contributed by atoms with Crippen LogP contribution in [0.4, 0.5) is 9.18 Å². The van der Waals surface area contributed by atoms with Gasteiger partial charge < -0.3 is 10.2 Å². The van der Waals surface area contributed by atoms with E-state index in [1.165, 1.54) is 44.2 Å². The molecule has 2 rings (SSSR count). The molecule has 2 amide bonds. The average Bonchev–Trinajstić information content (AvgIpc) is 3.06. The van der Waals surface area contributed by atoms with Gasteiger partial charge in [-0.3, -0.25) is 0 Å². The van der Waals surface area contributed by atoms with Crippen LogP contribution < -0.4 is 5.32 Å². The number of carbonyl (C=O) groups is 1. The van der Waals surface area contributed by atoms with Crippen LogP contribution >= 0.6 is 0 Å². The monoisotopic (exact) mass is 316 g/mol. The third-order valence-electron chi connectivity index (χ3n) is 4.40. The van der Waals surface area contributed by atoms with Gasteiger partial charge in [0, 0.05) is 13.1 Å². The van der Waals surface area contributed by atoms with Gasteiger partial charge in [0.05, 0.1) is 6.54 Å². The summed E-state index contributed by atoms with van der Waals surface area (Å²) in [5, 5.41) is 2.94. The lowest BCUT2D eigenvalue weighted by Crippen LogP contribution is -2.40. The normalized spacial score (nSPS) is 14.4. The largest absolute Gasteiger partial charge is 0.338 e. The Bertz CT molecular complexity index is 529. The predicted octanol–water partition coefficient (Wildman–Crippen LogP) is 3.94. The summed E-state index contributed by atoms with van der Waals surface area (Å²) in [4.78, 5) is 13.8. The molecular formula is C19H25FN2O. The van der Waals surface area contributed by atoms with Crippen LogP contribution in [0.25, 0.3) is 0 Å². The number of carbonyl (C=O) groups excluding carboxylic acids is 1. The van der Waals surface area contributed by atoms with Crippen molar-refractivity contribution in [2.45, 2.75) is 45.1 Å². The van der Waals surface area contributed by atoms with E-state index in [9.17, 15) is 9.18 Å². The Hall–Kier alpha value is -2.02. The van der Waals surface area contributed by atoms with Gasteiger partial charge in [-0.25, -0.2) is 9.18 Å². The minimum atomic E-state index is -0.284. The Morgan fingerprint density at radius 1 is 1.30 bits per heavy atom. The van der Waals surface area contributed by atoms with E-state index in [0.717, 1.165) is 17.9 Å². The summed E-state index contributed by atoms with van der Waals surface area (Å²) in [6, 6.07) is 5.98. The van der Waals surface area contributed by atoms with Gasteiger partial charge in [-0.05, 0) is 36.5 Å². The van der Waals surface area contributed by atoms with Gasteiger partial charge in [0.1, 0.15) is 5.82 Å². The summed E-state index contributed by atoms with van der Waals surface area (Å²) in [5.74, 6) is 3.06. The molecule has 1 aromatic carbocycles. The molecule has 0 atom stereocenters. The van der Waals surface area contributed by atoms with Crippen molar-refractivity contribution < 1.29 is 9.18 Å². The van der Waals surface area contributed by atoms with Crippen molar-refractivity contribution >= 4 is 6.03 Å². The molecule has 0 saturated heterocycles. The minimum absolute atomic E-state index is 0.154. The van der Waals surface area contributed by atoms with Crippen molar-refractivity contribution in [3.63, 3.8) is 0 Å². The first-order chi connectivity index (χ1) is 11.2. The zero-order chi connectivity index (χ0) is 16.5. The van der Waals surface area contributed by atoms with Crippen LogP contribution in [0.1, 0.15) is 44.1 Å². The number of terminal acetylenes is 1. The summed E-state index contributed by atoms with van der Waals surface area (Å²) in [6.07, 6.45) is 12.9. The molecule has 0 unspecified atom stereocenters. The Morgan fingerprint density at radius 3 is 2.65 bits per heavy atom. The summed E-state index contributed by atoms with van der Waals surface area (Å²) in [6.45, 7) is 1.31. The maximum atomic E-state index is 12.9. The van der Waals surface area contributed by atoms with Crippen molar-refractivity contribution in [3.8, 4) is 12.3 Å². The van der Waals surface area contributed by atoms with Gasteiger partial charge in [-0.15, -0.1) is 6.42 Å². The Morgan fingerprint density at radius 2 is 2.00 bits per heavy atom. The molecule has 1 fully saturated rings. The highest BCUT2D eigenvalue weighted by Gasteiger charge is 2.15. The molecule has 3 nitrogen and oxygen atoms in total. The molecule has 0 heterocycles. The van der Waals surface area contributed by atoms with Crippen molar-refractivity contribution in [1.29, 1.82) is 0 Å². The highest BCUT2D eigenvalue weighted by Crippen LogP contribution is 2.28. The van der Waals surface area contributed by atoms with Gasteiger partial charge >= 0.3 is 6.03 Å². The number of hydrogen-bond donors (Lipinski definition) is 1. The second kappa shape index (κ2) is 9.19. The van der Waals surface area contributed by atoms with E-state index in [1.54, 1.807) is 17.0 Å². The van der Waals surface area contributed by atoms with Gasteiger partial charge in [-0.1, -0.05) is 43.7 Å². The zero-order valence-corrected chi connectivity index (χ0v) is 13.6. The summed E-state index contributed by atoms with van der Waals surface area (Å²) in [5.41, 5.74) is 0.864. The lowest BCUT2D eigenvalue weighted by molar-refractivity contribution is 0.201. The number of benzene rings is 1. The van der Waals surface area contributed by atoms with Gasteiger partial charge in [0.15, 0.2) is 0 Å². The van der Waals surface area contributed by atoms with E-state index in [0.29, 0.717) is 13.1 Å². The van der Waals surface area contributed by atoms with Crippen molar-refractivity contribution in [2.24, 2.45) is 5.92 Å². The van der Waals surface area contributed by atoms with Gasteiger partial charge in [0.25, 0.3) is 0 Å². The number of hydrogen-bond acceptors (Lipinski definition) is 1. The quantitative estimate of drug-likeness (QED) is 0.600. The standard InChI is InChI=1S/C19H25FN2O/c1-2-14-22(15-17-9-11-18(20)12-10-17)19(23)21-13-5-8-16-6-3-4-7-16/h1,9-12,16H,3-8,13-15H2,(H,21,23). The van der Waals surface area contributed by atoms with E-state index >= 15 is 0 Å². The van der Waals surface area contributed by atoms with E-state index in [1.807, 2.05) is 0 Å². The fraction of sp³-hybridized carbons (Fsp3) is 0.526. The molecule has 0 spiro atoms. The molecule has 23 heavy (non-hydrogen) atoms. The van der Waals surface area contributed by atoms with E-state index < -0.39 is 0 Å². The van der Waals surface area contributed by atoms with Crippen LogP contribution in [0, 0.1) is 24.1 Å². The number of rotatable bonds is 7. The first kappa shape index (κ1) is 17.3. The molecule has 0 radical (unpaired) electrons. The smallest absolute Gasteiger partial charge is 0.318 e. The minimum Gasteiger partial charge on any atom is -0.338 e. The molecule has 1 saturated carbocycles. The van der Waals surface area contributed by atoms with Crippen LogP contribution in [0.5, 0.6) is 0 Å². The van der Waals surface area contributed by atoms with Crippen LogP contribution in [0.15, 0.2) is 24.3 Å². The molecule has 1 aromatic rings. The first-order valence-corrected chi connectivity index (χ1v) is 8.39. The highest BCUT2D eigenvalue weighted by atomic mass is 19.1. The molecular weight excluding hydrogens is 291 g/mol. The van der Waals surface area contributed by atoms with E-state index in [2.05, 4.69) is 11.2 Å². The predicted molar refractivity (Wildman–Crippen MR) is 90.2 cm³/mol. The fourth-order valence-electron chi connectivity index (χ4n) is 3.12. The maximum Gasteiger partial charge on any atom is 0.318 e. The third kappa shape index (κ3) is 5.94. The van der Waals surface area contributed by atoms with Gasteiger partial charge in [-0.2, -0.15) is 0 Å². The van der Waals surface area contributed by atoms with Crippen molar-refractivity contribution in [2.75, 3.05) is 13.1 Å². The molecule has 1 aliphatic carbocycles. The van der Waals surface area contributed by atoms with Crippen molar-refractivity contribution in [3.05, 3.63) is 35.6 Å². The van der Waals surface area contributed by atoms with Crippen molar-refractivity contribution in [1.82, 2.24) is 10.2 Å². The molecule has 0 aliphatic heterocycles. The number of nitrogens with zero attached hydrogens (tertiary/aromatic N) is 1. The summed E-state index contributed by atoms with van der Waals surface area (Å²) in [7, 11) is 0. The number of amides is 2. The summed E-state index contributed by atoms with van der Waals surface area (Å²) >= 11 is 0. The second-order valence-electron chi connectivity index (χ2n) is 6.21. The zero-order valence-electron chi connectivity index (χ0n) is 13.6.